The molecule has 0 saturated carbocycles. The van der Waals surface area contributed by atoms with Gasteiger partial charge in [-0.3, -0.25) is 9.78 Å². The Hall–Kier alpha value is -2.63. The Labute approximate surface area is 358 Å². The molecule has 0 spiro atoms. The molecule has 3 aromatic carbocycles. The monoisotopic (exact) mass is 969 g/mol. The molecule has 1 N–H and O–H groups in total. The molecule has 0 amide bonds. The summed E-state index contributed by atoms with van der Waals surface area (Å²) >= 11 is 1.99. The van der Waals surface area contributed by atoms with Gasteiger partial charge in [0.1, 0.15) is 0 Å². The molecule has 0 aliphatic carbocycles. The molecule has 0 aliphatic rings. The molecule has 2 heterocycles. The zero-order chi connectivity index (χ0) is 40.7. The fourth-order valence-electron chi connectivity index (χ4n) is 9.02. The van der Waals surface area contributed by atoms with Crippen LogP contribution in [-0.4, -0.2) is 23.9 Å². The van der Waals surface area contributed by atoms with E-state index in [0.717, 1.165) is 36.9 Å². The molecule has 56 heavy (non-hydrogen) atoms. The van der Waals surface area contributed by atoms with Crippen LogP contribution in [0.25, 0.3) is 42.2 Å². The third kappa shape index (κ3) is 11.3. The van der Waals surface area contributed by atoms with E-state index in [9.17, 15) is 9.90 Å². The van der Waals surface area contributed by atoms with E-state index in [1.54, 1.807) is 5.19 Å². The van der Waals surface area contributed by atoms with E-state index in [1.807, 2.05) is 45.2 Å². The molecule has 307 valence electrons. The van der Waals surface area contributed by atoms with Crippen LogP contribution in [0.1, 0.15) is 121 Å². The number of ketones is 1. The number of aliphatic hydroxyl groups excluding tert-OH is 1. The first-order valence-electron chi connectivity index (χ1n) is 21.2. The smallest absolute Gasteiger partial charge is 0.162 e. The summed E-state index contributed by atoms with van der Waals surface area (Å²) in [5.74, 6) is 2.66. The van der Waals surface area contributed by atoms with Crippen LogP contribution in [0.3, 0.4) is 0 Å². The van der Waals surface area contributed by atoms with Crippen molar-refractivity contribution < 1.29 is 30.0 Å². The van der Waals surface area contributed by atoms with Gasteiger partial charge in [-0.25, -0.2) is 0 Å². The molecule has 0 unspecified atom stereocenters. The van der Waals surface area contributed by atoms with Gasteiger partial charge < -0.3 is 5.11 Å². The second-order valence-corrected chi connectivity index (χ2v) is 23.6. The summed E-state index contributed by atoms with van der Waals surface area (Å²) in [5, 5.41) is 16.7. The summed E-state index contributed by atoms with van der Waals surface area (Å²) in [5.41, 5.74) is 3.57. The van der Waals surface area contributed by atoms with Gasteiger partial charge in [-0.05, 0) is 70.9 Å². The SMILES string of the molecule is CC(C)C[Si](CC(C)C)(CC(C)C)c1cccc2c1sc1c(-c3[c-]c4ccccc4c(C(C)(C)C)c3)nccc12.CCC(CC)C(=O)/C=C(\O)C(CC)CC.[Ir]. The molecule has 2 aromatic heterocycles. The van der Waals surface area contributed by atoms with Crippen LogP contribution in [-0.2, 0) is 30.3 Å². The number of benzene rings is 3. The number of carbonyl (C=O) groups is 1. The molecule has 3 nitrogen and oxygen atoms in total. The Bertz CT molecular complexity index is 2040. The Kier molecular flexibility index (Phi) is 17.8. The molecule has 5 rings (SSSR count). The Morgan fingerprint density at radius 1 is 0.768 bits per heavy atom. The fraction of sp³-hybridized carbons (Fsp3) is 0.520. The van der Waals surface area contributed by atoms with Crippen molar-refractivity contribution in [1.29, 1.82) is 0 Å². The van der Waals surface area contributed by atoms with Crippen LogP contribution in [0.4, 0.5) is 0 Å². The number of rotatable bonds is 15. The average Bonchev–Trinajstić information content (AvgIpc) is 3.50. The molecular weight excluding hydrogens is 899 g/mol. The summed E-state index contributed by atoms with van der Waals surface area (Å²) in [4.78, 5) is 16.7. The van der Waals surface area contributed by atoms with E-state index in [4.69, 9.17) is 4.98 Å². The topological polar surface area (TPSA) is 50.2 Å². The molecule has 0 saturated heterocycles. The van der Waals surface area contributed by atoms with Crippen LogP contribution >= 0.6 is 11.3 Å². The Morgan fingerprint density at radius 3 is 1.84 bits per heavy atom. The van der Waals surface area contributed by atoms with Gasteiger partial charge in [-0.2, -0.15) is 0 Å². The standard InChI is InChI=1S/C37H46NSSi.C13H24O2.Ir/c1-24(2)21-40(22-25(3)4,23-26(5)6)33-16-12-15-30-31-17-18-38-34(36(31)39-35(30)33)28-19-27-13-10-11-14-29(27)32(20-28)37(7,8)9;1-5-10(6-2)12(14)9-13(15)11(7-3)8-4;/h10-18,20,24-26H,21-23H2,1-9H3;9-11,14H,5-8H2,1-4H3;/q-1;;/b;12-9-;. The third-order valence-electron chi connectivity index (χ3n) is 11.3. The largest absolute Gasteiger partial charge is 0.512 e. The summed E-state index contributed by atoms with van der Waals surface area (Å²) in [6, 6.07) is 28.3. The molecule has 0 atom stereocenters. The maximum absolute atomic E-state index is 11.7. The molecule has 0 bridgehead atoms. The van der Waals surface area contributed by atoms with E-state index in [-0.39, 0.29) is 48.9 Å². The van der Waals surface area contributed by atoms with Crippen molar-refractivity contribution in [2.24, 2.45) is 29.6 Å². The number of allylic oxidation sites excluding steroid dienone is 2. The number of aromatic nitrogens is 1. The van der Waals surface area contributed by atoms with Crippen LogP contribution in [0.5, 0.6) is 0 Å². The van der Waals surface area contributed by atoms with Gasteiger partial charge in [0.05, 0.1) is 13.8 Å². The third-order valence-corrected chi connectivity index (χ3v) is 19.1. The number of aliphatic hydroxyl groups is 1. The van der Waals surface area contributed by atoms with E-state index < -0.39 is 8.07 Å². The van der Waals surface area contributed by atoms with Gasteiger partial charge in [0.15, 0.2) is 5.78 Å². The Morgan fingerprint density at radius 2 is 1.30 bits per heavy atom. The summed E-state index contributed by atoms with van der Waals surface area (Å²) in [7, 11) is -1.77. The van der Waals surface area contributed by atoms with Crippen LogP contribution in [0.15, 0.2) is 72.6 Å². The van der Waals surface area contributed by atoms with Crippen molar-refractivity contribution in [2.45, 2.75) is 139 Å². The van der Waals surface area contributed by atoms with Crippen molar-refractivity contribution in [3.05, 3.63) is 84.3 Å². The van der Waals surface area contributed by atoms with Crippen LogP contribution in [0, 0.1) is 35.7 Å². The second kappa shape index (κ2) is 20.9. The fourth-order valence-corrected chi connectivity index (χ4v) is 18.0. The molecule has 6 heteroatoms. The summed E-state index contributed by atoms with van der Waals surface area (Å²) in [6.07, 6.45) is 6.92. The second-order valence-electron chi connectivity index (χ2n) is 18.3. The zero-order valence-corrected chi connectivity index (χ0v) is 40.9. The zero-order valence-electron chi connectivity index (χ0n) is 36.7. The van der Waals surface area contributed by atoms with Gasteiger partial charge in [0.25, 0.3) is 0 Å². The molecule has 1 radical (unpaired) electrons. The Balaban J connectivity index is 0.000000448. The van der Waals surface area contributed by atoms with E-state index in [2.05, 4.69) is 123 Å². The number of nitrogens with zero attached hydrogens (tertiary/aromatic N) is 1. The van der Waals surface area contributed by atoms with Crippen molar-refractivity contribution >= 4 is 61.3 Å². The first-order chi connectivity index (χ1) is 26.0. The number of pyridine rings is 1. The minimum atomic E-state index is -1.77. The first-order valence-corrected chi connectivity index (χ1v) is 24.6. The number of hydrogen-bond donors (Lipinski definition) is 1. The maximum atomic E-state index is 11.7. The van der Waals surface area contributed by atoms with Gasteiger partial charge in [0.2, 0.25) is 0 Å². The molecule has 5 aromatic rings. The minimum Gasteiger partial charge on any atom is -0.512 e. The quantitative estimate of drug-likeness (QED) is 0.0492. The van der Waals surface area contributed by atoms with E-state index in [1.165, 1.54) is 60.7 Å². The van der Waals surface area contributed by atoms with Gasteiger partial charge in [-0.15, -0.1) is 40.5 Å². The van der Waals surface area contributed by atoms with Crippen molar-refractivity contribution in [3.63, 3.8) is 0 Å². The molecule has 0 aliphatic heterocycles. The average molecular weight is 969 g/mol. The predicted molar refractivity (Wildman–Crippen MR) is 246 cm³/mol. The summed E-state index contributed by atoms with van der Waals surface area (Å²) < 4.78 is 2.81. The van der Waals surface area contributed by atoms with Crippen molar-refractivity contribution in [1.82, 2.24) is 4.98 Å². The molecule has 0 fully saturated rings. The summed E-state index contributed by atoms with van der Waals surface area (Å²) in [6.45, 7) is 29.6. The minimum absolute atomic E-state index is 0. The number of thiophene rings is 1. The number of fused-ring (bicyclic) bond motifs is 4. The first kappa shape index (κ1) is 47.7. The van der Waals surface area contributed by atoms with Gasteiger partial charge >= 0.3 is 0 Å². The van der Waals surface area contributed by atoms with Gasteiger partial charge in [0, 0.05) is 59.3 Å². The molecular formula is C50H70IrNO2SSi-. The predicted octanol–water partition coefficient (Wildman–Crippen LogP) is 14.9. The van der Waals surface area contributed by atoms with E-state index in [0.29, 0.717) is 17.8 Å². The number of hydrogen-bond acceptors (Lipinski definition) is 4. The van der Waals surface area contributed by atoms with Crippen LogP contribution < -0.4 is 5.19 Å². The van der Waals surface area contributed by atoms with E-state index >= 15 is 0 Å². The number of carbonyl (C=O) groups excluding carboxylic acids is 1. The van der Waals surface area contributed by atoms with Crippen LogP contribution in [0.2, 0.25) is 18.1 Å². The van der Waals surface area contributed by atoms with Gasteiger partial charge in [-0.1, -0.05) is 155 Å². The maximum Gasteiger partial charge on any atom is 0.162 e. The van der Waals surface area contributed by atoms with Crippen molar-refractivity contribution in [3.8, 4) is 11.3 Å². The van der Waals surface area contributed by atoms with Crippen molar-refractivity contribution in [2.75, 3.05) is 0 Å². The normalized spacial score (nSPS) is 12.7.